The third-order valence-electron chi connectivity index (χ3n) is 4.33. The summed E-state index contributed by atoms with van der Waals surface area (Å²) in [6.07, 6.45) is -0.729. The molecule has 0 aromatic heterocycles. The van der Waals surface area contributed by atoms with E-state index >= 15 is 0 Å². The van der Waals surface area contributed by atoms with E-state index in [1.165, 1.54) is 0 Å². The molecular weight excluding hydrogens is 396 g/mol. The lowest BCUT2D eigenvalue weighted by atomic mass is 10.0. The topological polar surface area (TPSA) is 154 Å². The van der Waals surface area contributed by atoms with Crippen molar-refractivity contribution in [1.82, 2.24) is 0 Å². The molecule has 0 heterocycles. The Hall–Kier alpha value is -1.85. The van der Waals surface area contributed by atoms with Crippen LogP contribution < -0.4 is 10.6 Å². The monoisotopic (exact) mass is 428 g/mol. The lowest BCUT2D eigenvalue weighted by Crippen LogP contribution is -2.86. The molecule has 0 aliphatic rings. The fraction of sp³-hybridized carbons (Fsp3) is 0.400. The number of rotatable bonds is 6. The van der Waals surface area contributed by atoms with Crippen molar-refractivity contribution in [2.75, 3.05) is 14.1 Å². The molecule has 0 aliphatic heterocycles. The first-order chi connectivity index (χ1) is 13.5. The van der Waals surface area contributed by atoms with Crippen LogP contribution in [0.25, 0.3) is 0 Å². The zero-order chi connectivity index (χ0) is 22.4. The van der Waals surface area contributed by atoms with Crippen LogP contribution in [0.1, 0.15) is 37.2 Å². The second-order valence-electron chi connectivity index (χ2n) is 6.50. The second kappa shape index (κ2) is 14.2. The Bertz CT molecular complexity index is 700. The number of likely N-dealkylation sites (N-methyl/N-ethyl adjacent to an activating group) is 2. The molecule has 0 bridgehead atoms. The number of benzene rings is 2. The molecule has 2 aromatic carbocycles. The van der Waals surface area contributed by atoms with Gasteiger partial charge >= 0.3 is 0 Å². The van der Waals surface area contributed by atoms with Crippen molar-refractivity contribution in [3.63, 3.8) is 0 Å². The van der Waals surface area contributed by atoms with Gasteiger partial charge < -0.3 is 30.0 Å². The number of aliphatic hydroxyl groups is 2. The van der Waals surface area contributed by atoms with Gasteiger partial charge in [-0.1, -0.05) is 60.7 Å². The minimum atomic E-state index is -5.17. The van der Waals surface area contributed by atoms with E-state index in [-0.39, 0.29) is 24.3 Å². The van der Waals surface area contributed by atoms with E-state index in [1.54, 1.807) is 0 Å². The molecule has 29 heavy (non-hydrogen) atoms. The predicted molar refractivity (Wildman–Crippen MR) is 108 cm³/mol. The first-order valence-corrected chi connectivity index (χ1v) is 10.6. The van der Waals surface area contributed by atoms with Gasteiger partial charge in [0.2, 0.25) is 0 Å². The van der Waals surface area contributed by atoms with Crippen LogP contribution in [0.15, 0.2) is 60.7 Å². The van der Waals surface area contributed by atoms with Crippen molar-refractivity contribution in [3.05, 3.63) is 71.8 Å². The van der Waals surface area contributed by atoms with Gasteiger partial charge in [0.1, 0.15) is 24.3 Å². The predicted octanol–water partition coefficient (Wildman–Crippen LogP) is -0.735. The molecule has 0 fully saturated rings. The molecule has 0 amide bonds. The fourth-order valence-corrected chi connectivity index (χ4v) is 2.27. The van der Waals surface area contributed by atoms with E-state index < -0.39 is 10.4 Å². The highest BCUT2D eigenvalue weighted by Crippen LogP contribution is 2.14. The second-order valence-corrected chi connectivity index (χ2v) is 7.32. The summed E-state index contributed by atoms with van der Waals surface area (Å²) in [6.45, 7) is 4.02. The van der Waals surface area contributed by atoms with Crippen molar-refractivity contribution in [2.45, 2.75) is 38.1 Å². The molecule has 8 nitrogen and oxygen atoms in total. The molecular formula is C20H32N2O6S. The van der Waals surface area contributed by atoms with E-state index in [0.717, 1.165) is 11.1 Å². The Morgan fingerprint density at radius 1 is 0.724 bits per heavy atom. The standard InChI is InChI=1S/2C10H15NO.H2O4S/c2*1-8(11-2)10(12)9-6-4-3-5-7-9;1-5(2,3)4/h2*3-8,10-12H,1-2H3;(H2,1,2,3,4)/t2*8-,10-;/m10./s1. The maximum Gasteiger partial charge on any atom is 0.130 e. The van der Waals surface area contributed by atoms with Crippen LogP contribution in [0.3, 0.4) is 0 Å². The van der Waals surface area contributed by atoms with Crippen molar-refractivity contribution in [1.29, 1.82) is 0 Å². The van der Waals surface area contributed by atoms with E-state index in [0.29, 0.717) is 0 Å². The largest absolute Gasteiger partial charge is 0.759 e. The van der Waals surface area contributed by atoms with Gasteiger partial charge in [0.25, 0.3) is 0 Å². The minimum Gasteiger partial charge on any atom is -0.759 e. The van der Waals surface area contributed by atoms with Crippen molar-refractivity contribution in [2.24, 2.45) is 0 Å². The normalized spacial score (nSPS) is 14.9. The Morgan fingerprint density at radius 3 is 1.17 bits per heavy atom. The van der Waals surface area contributed by atoms with E-state index in [1.807, 2.05) is 99.2 Å². The summed E-state index contributed by atoms with van der Waals surface area (Å²) in [6, 6.07) is 19.9. The van der Waals surface area contributed by atoms with Crippen molar-refractivity contribution in [3.8, 4) is 0 Å². The highest BCUT2D eigenvalue weighted by atomic mass is 32.3. The van der Waals surface area contributed by atoms with Gasteiger partial charge in [0.05, 0.1) is 14.1 Å². The van der Waals surface area contributed by atoms with Crippen LogP contribution in [0.4, 0.5) is 0 Å². The summed E-state index contributed by atoms with van der Waals surface area (Å²) in [5.41, 5.74) is 1.98. The molecule has 0 radical (unpaired) electrons. The van der Waals surface area contributed by atoms with Crippen molar-refractivity contribution < 1.29 is 38.4 Å². The Morgan fingerprint density at radius 2 is 0.966 bits per heavy atom. The van der Waals surface area contributed by atoms with Gasteiger partial charge in [-0.3, -0.25) is 8.42 Å². The molecule has 9 heteroatoms. The molecule has 0 aliphatic carbocycles. The lowest BCUT2D eigenvalue weighted by molar-refractivity contribution is -0.669. The van der Waals surface area contributed by atoms with Crippen LogP contribution in [0, 0.1) is 0 Å². The Kier molecular flexibility index (Phi) is 13.3. The Balaban J connectivity index is 0.000000442. The number of quaternary nitrogens is 2. The summed E-state index contributed by atoms with van der Waals surface area (Å²) in [4.78, 5) is 0. The number of hydrogen-bond donors (Lipinski definition) is 4. The summed E-state index contributed by atoms with van der Waals surface area (Å²) in [5.74, 6) is 0. The third kappa shape index (κ3) is 13.1. The summed E-state index contributed by atoms with van der Waals surface area (Å²) in [5, 5.41) is 23.5. The third-order valence-corrected chi connectivity index (χ3v) is 4.33. The smallest absolute Gasteiger partial charge is 0.130 e. The average Bonchev–Trinajstić information content (AvgIpc) is 2.72. The van der Waals surface area contributed by atoms with Gasteiger partial charge in [-0.25, -0.2) is 0 Å². The van der Waals surface area contributed by atoms with Crippen LogP contribution in [-0.2, 0) is 10.4 Å². The molecule has 164 valence electrons. The summed E-state index contributed by atoms with van der Waals surface area (Å²) >= 11 is 0. The quantitative estimate of drug-likeness (QED) is 0.351. The van der Waals surface area contributed by atoms with E-state index in [2.05, 4.69) is 0 Å². The summed E-state index contributed by atoms with van der Waals surface area (Å²) < 4.78 is 34.1. The molecule has 0 unspecified atom stereocenters. The SMILES string of the molecule is C[NH2+][C@@H](C)[C@H](O)c1ccccc1.C[NH2+][C@H](C)[C@@H](O)c1ccccc1.O=S(=O)([O-])[O-]. The van der Waals surface area contributed by atoms with Crippen LogP contribution in [-0.4, -0.2) is 53.9 Å². The number of nitrogens with two attached hydrogens (primary N) is 2. The molecule has 0 spiro atoms. The van der Waals surface area contributed by atoms with Gasteiger partial charge in [0.15, 0.2) is 0 Å². The molecule has 2 aromatic rings. The minimum absolute atomic E-state index is 0.215. The molecule has 6 N–H and O–H groups in total. The van der Waals surface area contributed by atoms with Crippen LogP contribution in [0.5, 0.6) is 0 Å². The highest BCUT2D eigenvalue weighted by molar-refractivity contribution is 7.79. The molecule has 0 saturated heterocycles. The first-order valence-electron chi connectivity index (χ1n) is 9.22. The Labute approximate surface area is 173 Å². The first kappa shape index (κ1) is 27.1. The maximum atomic E-state index is 9.76. The van der Waals surface area contributed by atoms with Crippen LogP contribution in [0.2, 0.25) is 0 Å². The molecule has 0 saturated carbocycles. The van der Waals surface area contributed by atoms with E-state index in [4.69, 9.17) is 17.5 Å². The zero-order valence-corrected chi connectivity index (χ0v) is 18.0. The van der Waals surface area contributed by atoms with Gasteiger partial charge in [-0.2, -0.15) is 0 Å². The van der Waals surface area contributed by atoms with Crippen molar-refractivity contribution >= 4 is 10.4 Å². The highest BCUT2D eigenvalue weighted by Gasteiger charge is 2.17. The van der Waals surface area contributed by atoms with Gasteiger partial charge in [-0.15, -0.1) is 0 Å². The maximum absolute atomic E-state index is 9.76. The number of hydrogen-bond acceptors (Lipinski definition) is 6. The fourth-order valence-electron chi connectivity index (χ4n) is 2.27. The van der Waals surface area contributed by atoms with Gasteiger partial charge in [-0.05, 0) is 25.0 Å². The zero-order valence-electron chi connectivity index (χ0n) is 17.2. The lowest BCUT2D eigenvalue weighted by Gasteiger charge is -2.15. The molecule has 2 rings (SSSR count). The van der Waals surface area contributed by atoms with Gasteiger partial charge in [0, 0.05) is 10.4 Å². The number of aliphatic hydroxyl groups excluding tert-OH is 2. The molecule has 4 atom stereocenters. The summed E-state index contributed by atoms with van der Waals surface area (Å²) in [7, 11) is -1.23. The van der Waals surface area contributed by atoms with E-state index in [9.17, 15) is 10.2 Å². The van der Waals surface area contributed by atoms with Crippen LogP contribution >= 0.6 is 0 Å². The average molecular weight is 429 g/mol.